The third kappa shape index (κ3) is 2.72. The maximum Gasteiger partial charge on any atom is 0.259 e. The lowest BCUT2D eigenvalue weighted by atomic mass is 9.64. The normalized spacial score (nSPS) is 15.1. The van der Waals surface area contributed by atoms with E-state index in [2.05, 4.69) is 49.4 Å². The largest absolute Gasteiger partial charge is 0.368 e. The second-order valence-corrected chi connectivity index (χ2v) is 7.01. The van der Waals surface area contributed by atoms with E-state index in [9.17, 15) is 0 Å². The van der Waals surface area contributed by atoms with Gasteiger partial charge in [0, 0.05) is 30.4 Å². The summed E-state index contributed by atoms with van der Waals surface area (Å²) in [6.45, 7) is 0. The minimum Gasteiger partial charge on any atom is -0.368 e. The van der Waals surface area contributed by atoms with Crippen molar-refractivity contribution in [1.29, 1.82) is 0 Å². The number of hydrogen-bond donors (Lipinski definition) is 1. The van der Waals surface area contributed by atoms with E-state index < -0.39 is 0 Å². The summed E-state index contributed by atoms with van der Waals surface area (Å²) < 4.78 is 5.53. The van der Waals surface area contributed by atoms with Gasteiger partial charge in [0.2, 0.25) is 5.95 Å². The number of hydrogen-bond acceptors (Lipinski definition) is 7. The quantitative estimate of drug-likeness (QED) is 0.585. The van der Waals surface area contributed by atoms with Crippen LogP contribution in [-0.4, -0.2) is 25.1 Å². The SMILES string of the molecule is Nc1ncc(-c2ccc(C3(c4noc(-c5cccnc5)n4)CCC3)cc2)cn1. The third-order valence-corrected chi connectivity index (χ3v) is 5.41. The van der Waals surface area contributed by atoms with Crippen molar-refractivity contribution in [3.05, 3.63) is 72.6 Å². The van der Waals surface area contributed by atoms with Crippen LogP contribution >= 0.6 is 0 Å². The van der Waals surface area contributed by atoms with Crippen LogP contribution in [0, 0.1) is 0 Å². The van der Waals surface area contributed by atoms with E-state index in [4.69, 9.17) is 10.3 Å². The number of aromatic nitrogens is 5. The van der Waals surface area contributed by atoms with Gasteiger partial charge in [-0.3, -0.25) is 4.98 Å². The first-order valence-electron chi connectivity index (χ1n) is 9.18. The van der Waals surface area contributed by atoms with Crippen LogP contribution in [0.2, 0.25) is 0 Å². The molecule has 138 valence electrons. The van der Waals surface area contributed by atoms with E-state index >= 15 is 0 Å². The summed E-state index contributed by atoms with van der Waals surface area (Å²) in [5.74, 6) is 1.52. The highest BCUT2D eigenvalue weighted by atomic mass is 16.5. The first-order chi connectivity index (χ1) is 13.7. The minimum absolute atomic E-state index is 0.194. The van der Waals surface area contributed by atoms with Crippen LogP contribution in [0.5, 0.6) is 0 Å². The fourth-order valence-electron chi connectivity index (χ4n) is 3.66. The van der Waals surface area contributed by atoms with Gasteiger partial charge < -0.3 is 10.3 Å². The Morgan fingerprint density at radius 1 is 0.893 bits per heavy atom. The number of nitrogens with two attached hydrogens (primary N) is 1. The maximum absolute atomic E-state index is 5.57. The summed E-state index contributed by atoms with van der Waals surface area (Å²) in [4.78, 5) is 16.9. The first-order valence-corrected chi connectivity index (χ1v) is 9.18. The van der Waals surface area contributed by atoms with Gasteiger partial charge in [0.15, 0.2) is 5.82 Å². The lowest BCUT2D eigenvalue weighted by Gasteiger charge is -2.39. The molecule has 1 aliphatic rings. The smallest absolute Gasteiger partial charge is 0.259 e. The topological polar surface area (TPSA) is 104 Å². The van der Waals surface area contributed by atoms with Crippen LogP contribution in [0.15, 0.2) is 65.7 Å². The van der Waals surface area contributed by atoms with Crippen molar-refractivity contribution in [3.8, 4) is 22.6 Å². The fraction of sp³-hybridized carbons (Fsp3) is 0.190. The average molecular weight is 370 g/mol. The molecule has 1 aliphatic carbocycles. The maximum atomic E-state index is 5.57. The number of nitrogen functional groups attached to an aromatic ring is 1. The minimum atomic E-state index is -0.194. The third-order valence-electron chi connectivity index (χ3n) is 5.41. The Balaban J connectivity index is 1.47. The molecule has 7 heteroatoms. The van der Waals surface area contributed by atoms with Gasteiger partial charge in [0.1, 0.15) is 0 Å². The van der Waals surface area contributed by atoms with Gasteiger partial charge in [-0.2, -0.15) is 4.98 Å². The Bertz CT molecular complexity index is 1090. The highest BCUT2D eigenvalue weighted by Gasteiger charge is 2.44. The van der Waals surface area contributed by atoms with Crippen LogP contribution in [-0.2, 0) is 5.41 Å². The highest BCUT2D eigenvalue weighted by Crippen LogP contribution is 2.48. The predicted octanol–water partition coefficient (Wildman–Crippen LogP) is 3.64. The molecular weight excluding hydrogens is 352 g/mol. The molecule has 0 radical (unpaired) electrons. The zero-order valence-corrected chi connectivity index (χ0v) is 15.1. The number of pyridine rings is 1. The molecule has 1 saturated carbocycles. The number of anilines is 1. The molecule has 1 aromatic carbocycles. The lowest BCUT2D eigenvalue weighted by Crippen LogP contribution is -2.36. The summed E-state index contributed by atoms with van der Waals surface area (Å²) in [5, 5.41) is 4.31. The summed E-state index contributed by atoms with van der Waals surface area (Å²) >= 11 is 0. The monoisotopic (exact) mass is 370 g/mol. The van der Waals surface area contributed by atoms with E-state index in [0.29, 0.717) is 5.89 Å². The molecular formula is C21H18N6O. The van der Waals surface area contributed by atoms with Crippen LogP contribution in [0.25, 0.3) is 22.6 Å². The Morgan fingerprint density at radius 2 is 1.68 bits per heavy atom. The van der Waals surface area contributed by atoms with Crippen LogP contribution < -0.4 is 5.73 Å². The van der Waals surface area contributed by atoms with Crippen molar-refractivity contribution in [2.24, 2.45) is 0 Å². The van der Waals surface area contributed by atoms with Gasteiger partial charge in [-0.1, -0.05) is 35.8 Å². The molecule has 7 nitrogen and oxygen atoms in total. The van der Waals surface area contributed by atoms with Gasteiger partial charge in [0.05, 0.1) is 11.0 Å². The van der Waals surface area contributed by atoms with Crippen molar-refractivity contribution in [2.75, 3.05) is 5.73 Å². The van der Waals surface area contributed by atoms with Crippen molar-refractivity contribution in [1.82, 2.24) is 25.1 Å². The van der Waals surface area contributed by atoms with Crippen LogP contribution in [0.4, 0.5) is 5.95 Å². The zero-order chi connectivity index (χ0) is 19.0. The van der Waals surface area contributed by atoms with E-state index in [-0.39, 0.29) is 11.4 Å². The van der Waals surface area contributed by atoms with Crippen LogP contribution in [0.1, 0.15) is 30.7 Å². The van der Waals surface area contributed by atoms with E-state index in [1.54, 1.807) is 24.8 Å². The fourth-order valence-corrected chi connectivity index (χ4v) is 3.66. The van der Waals surface area contributed by atoms with Gasteiger partial charge in [-0.05, 0) is 36.1 Å². The Kier molecular flexibility index (Phi) is 3.86. The van der Waals surface area contributed by atoms with Crippen molar-refractivity contribution in [3.63, 3.8) is 0 Å². The average Bonchev–Trinajstić information content (AvgIpc) is 3.19. The molecule has 1 fully saturated rings. The number of benzene rings is 1. The Hall–Kier alpha value is -3.61. The molecule has 0 aliphatic heterocycles. The summed E-state index contributed by atoms with van der Waals surface area (Å²) in [7, 11) is 0. The van der Waals surface area contributed by atoms with E-state index in [1.807, 2.05) is 12.1 Å². The Labute approximate surface area is 161 Å². The standard InChI is InChI=1S/C21H18N6O/c22-20-24-12-16(13-25-20)14-4-6-17(7-5-14)21(8-2-9-21)19-26-18(28-27-19)15-3-1-10-23-11-15/h1,3-7,10-13H,2,8-9H2,(H2,22,24,25). The molecule has 0 bridgehead atoms. The molecule has 0 spiro atoms. The molecule has 0 saturated heterocycles. The second-order valence-electron chi connectivity index (χ2n) is 7.01. The molecule has 0 atom stereocenters. The first kappa shape index (κ1) is 16.6. The molecule has 0 unspecified atom stereocenters. The predicted molar refractivity (Wildman–Crippen MR) is 104 cm³/mol. The molecule has 4 aromatic rings. The van der Waals surface area contributed by atoms with E-state index in [1.165, 1.54) is 5.56 Å². The van der Waals surface area contributed by atoms with Crippen LogP contribution in [0.3, 0.4) is 0 Å². The molecule has 28 heavy (non-hydrogen) atoms. The second kappa shape index (κ2) is 6.53. The summed E-state index contributed by atoms with van der Waals surface area (Å²) in [6, 6.07) is 12.2. The van der Waals surface area contributed by atoms with Crippen molar-refractivity contribution in [2.45, 2.75) is 24.7 Å². The lowest BCUT2D eigenvalue weighted by molar-refractivity contribution is 0.273. The van der Waals surface area contributed by atoms with Crippen molar-refractivity contribution < 1.29 is 4.52 Å². The molecule has 5 rings (SSSR count). The molecule has 0 amide bonds. The Morgan fingerprint density at radius 3 is 2.32 bits per heavy atom. The van der Waals surface area contributed by atoms with Crippen molar-refractivity contribution >= 4 is 5.95 Å². The highest BCUT2D eigenvalue weighted by molar-refractivity contribution is 5.63. The summed E-state index contributed by atoms with van der Waals surface area (Å²) in [6.07, 6.45) is 10.1. The van der Waals surface area contributed by atoms with Gasteiger partial charge >= 0.3 is 0 Å². The van der Waals surface area contributed by atoms with Gasteiger partial charge in [0.25, 0.3) is 5.89 Å². The number of nitrogens with zero attached hydrogens (tertiary/aromatic N) is 5. The molecule has 3 aromatic heterocycles. The molecule has 3 heterocycles. The van der Waals surface area contributed by atoms with Gasteiger partial charge in [-0.25, -0.2) is 9.97 Å². The molecule has 2 N–H and O–H groups in total. The number of rotatable bonds is 4. The van der Waals surface area contributed by atoms with E-state index in [0.717, 1.165) is 41.8 Å². The van der Waals surface area contributed by atoms with Gasteiger partial charge in [-0.15, -0.1) is 0 Å². The summed E-state index contributed by atoms with van der Waals surface area (Å²) in [5.41, 5.74) is 9.37. The zero-order valence-electron chi connectivity index (χ0n) is 15.1.